The molecule has 0 saturated heterocycles. The molecule has 1 atom stereocenters. The minimum absolute atomic E-state index is 0.629. The third kappa shape index (κ3) is 2.71. The Balaban J connectivity index is 3.08. The predicted molar refractivity (Wildman–Crippen MR) is 69.1 cm³/mol. The Labute approximate surface area is 94.0 Å². The number of allylic oxidation sites excluding steroid dienone is 1. The molecule has 0 N–H and O–H groups in total. The third-order valence-electron chi connectivity index (χ3n) is 3.25. The van der Waals surface area contributed by atoms with Crippen LogP contribution in [-0.2, 0) is 0 Å². The molecule has 1 unspecified atom stereocenters. The molecule has 15 heavy (non-hydrogen) atoms. The number of rotatable bonds is 3. The second-order valence-corrected chi connectivity index (χ2v) is 4.88. The molecule has 0 amide bonds. The molecule has 0 heteroatoms. The van der Waals surface area contributed by atoms with Crippen LogP contribution in [-0.4, -0.2) is 0 Å². The first-order valence-corrected chi connectivity index (χ1v) is 5.70. The van der Waals surface area contributed by atoms with Gasteiger partial charge in [-0.2, -0.15) is 0 Å². The highest BCUT2D eigenvalue weighted by atomic mass is 14.2. The van der Waals surface area contributed by atoms with Gasteiger partial charge in [0.25, 0.3) is 0 Å². The quantitative estimate of drug-likeness (QED) is 0.661. The molecular formula is C15H22. The Morgan fingerprint density at radius 2 is 1.80 bits per heavy atom. The van der Waals surface area contributed by atoms with Crippen LogP contribution in [0.4, 0.5) is 0 Å². The molecule has 0 spiro atoms. The van der Waals surface area contributed by atoms with Crippen LogP contribution < -0.4 is 0 Å². The summed E-state index contributed by atoms with van der Waals surface area (Å²) in [6.07, 6.45) is 0. The van der Waals surface area contributed by atoms with Crippen molar-refractivity contribution in [3.05, 3.63) is 41.5 Å². The lowest BCUT2D eigenvalue weighted by Gasteiger charge is -2.19. The van der Waals surface area contributed by atoms with Crippen molar-refractivity contribution in [2.75, 3.05) is 0 Å². The van der Waals surface area contributed by atoms with E-state index in [4.69, 9.17) is 0 Å². The zero-order valence-electron chi connectivity index (χ0n) is 10.6. The summed E-state index contributed by atoms with van der Waals surface area (Å²) in [4.78, 5) is 0. The summed E-state index contributed by atoms with van der Waals surface area (Å²) < 4.78 is 0. The highest BCUT2D eigenvalue weighted by Crippen LogP contribution is 2.28. The molecule has 1 aromatic rings. The van der Waals surface area contributed by atoms with Gasteiger partial charge >= 0.3 is 0 Å². The van der Waals surface area contributed by atoms with Gasteiger partial charge in [0.1, 0.15) is 0 Å². The summed E-state index contributed by atoms with van der Waals surface area (Å²) in [5, 5.41) is 0. The molecule has 0 heterocycles. The Kier molecular flexibility index (Phi) is 3.73. The van der Waals surface area contributed by atoms with Gasteiger partial charge in [0.2, 0.25) is 0 Å². The van der Waals surface area contributed by atoms with E-state index in [1.165, 1.54) is 16.7 Å². The van der Waals surface area contributed by atoms with Crippen LogP contribution in [0.15, 0.2) is 24.8 Å². The second-order valence-electron chi connectivity index (χ2n) is 4.88. The Morgan fingerprint density at radius 1 is 1.20 bits per heavy atom. The molecule has 0 fully saturated rings. The maximum absolute atomic E-state index is 3.98. The first-order chi connectivity index (χ1) is 6.93. The van der Waals surface area contributed by atoms with Crippen molar-refractivity contribution in [3.63, 3.8) is 0 Å². The van der Waals surface area contributed by atoms with E-state index in [0.717, 1.165) is 5.57 Å². The summed E-state index contributed by atoms with van der Waals surface area (Å²) >= 11 is 0. The largest absolute Gasteiger partial charge is 0.0955 e. The van der Waals surface area contributed by atoms with Gasteiger partial charge in [0, 0.05) is 0 Å². The van der Waals surface area contributed by atoms with Crippen molar-refractivity contribution in [1.82, 2.24) is 0 Å². The SMILES string of the molecule is C=C(C)c1ccc(C(C)C(C)C)c(C)c1. The maximum atomic E-state index is 3.98. The van der Waals surface area contributed by atoms with Gasteiger partial charge in [-0.05, 0) is 42.4 Å². The standard InChI is InChI=1S/C15H22/c1-10(2)13(6)15-8-7-14(11(3)4)9-12(15)5/h7-10,13H,3H2,1-2,4-6H3. The molecule has 0 aliphatic rings. The van der Waals surface area contributed by atoms with E-state index >= 15 is 0 Å². The van der Waals surface area contributed by atoms with Gasteiger partial charge in [-0.1, -0.05) is 51.1 Å². The lowest BCUT2D eigenvalue weighted by Crippen LogP contribution is -2.04. The number of hydrogen-bond donors (Lipinski definition) is 0. The maximum Gasteiger partial charge on any atom is -0.0165 e. The normalized spacial score (nSPS) is 12.9. The molecule has 0 aliphatic carbocycles. The van der Waals surface area contributed by atoms with Gasteiger partial charge in [-0.3, -0.25) is 0 Å². The zero-order chi connectivity index (χ0) is 11.6. The summed E-state index contributed by atoms with van der Waals surface area (Å²) in [6, 6.07) is 6.68. The topological polar surface area (TPSA) is 0 Å². The van der Waals surface area contributed by atoms with Crippen molar-refractivity contribution < 1.29 is 0 Å². The second kappa shape index (κ2) is 4.65. The molecule has 0 radical (unpaired) electrons. The summed E-state index contributed by atoms with van der Waals surface area (Å²) in [5.41, 5.74) is 5.25. The minimum Gasteiger partial charge on any atom is -0.0955 e. The molecule has 1 aromatic carbocycles. The zero-order valence-corrected chi connectivity index (χ0v) is 10.6. The Bertz CT molecular complexity index is 358. The average Bonchev–Trinajstić information content (AvgIpc) is 2.16. The molecule has 82 valence electrons. The third-order valence-corrected chi connectivity index (χ3v) is 3.25. The molecule has 1 rings (SSSR count). The minimum atomic E-state index is 0.629. The number of benzene rings is 1. The predicted octanol–water partition coefficient (Wildman–Crippen LogP) is 4.79. The van der Waals surface area contributed by atoms with E-state index in [9.17, 15) is 0 Å². The highest BCUT2D eigenvalue weighted by Gasteiger charge is 2.12. The van der Waals surface area contributed by atoms with Crippen LogP contribution in [0.1, 0.15) is 50.3 Å². The van der Waals surface area contributed by atoms with Gasteiger partial charge in [-0.25, -0.2) is 0 Å². The summed E-state index contributed by atoms with van der Waals surface area (Å²) in [6.45, 7) is 15.1. The average molecular weight is 202 g/mol. The van der Waals surface area contributed by atoms with E-state index in [1.54, 1.807) is 0 Å². The summed E-state index contributed by atoms with van der Waals surface area (Å²) in [7, 11) is 0. The molecule has 0 aliphatic heterocycles. The summed E-state index contributed by atoms with van der Waals surface area (Å²) in [5.74, 6) is 1.32. The van der Waals surface area contributed by atoms with E-state index in [0.29, 0.717) is 11.8 Å². The van der Waals surface area contributed by atoms with Crippen LogP contribution >= 0.6 is 0 Å². The molecule has 0 bridgehead atoms. The monoisotopic (exact) mass is 202 g/mol. The fourth-order valence-corrected chi connectivity index (χ4v) is 1.81. The van der Waals surface area contributed by atoms with Crippen molar-refractivity contribution in [1.29, 1.82) is 0 Å². The van der Waals surface area contributed by atoms with Crippen LogP contribution in [0.3, 0.4) is 0 Å². The van der Waals surface area contributed by atoms with E-state index < -0.39 is 0 Å². The Hall–Kier alpha value is -1.04. The molecule has 0 nitrogen and oxygen atoms in total. The first-order valence-electron chi connectivity index (χ1n) is 5.70. The van der Waals surface area contributed by atoms with Crippen molar-refractivity contribution >= 4 is 5.57 Å². The van der Waals surface area contributed by atoms with Gasteiger partial charge in [0.15, 0.2) is 0 Å². The van der Waals surface area contributed by atoms with Crippen LogP contribution in [0, 0.1) is 12.8 Å². The van der Waals surface area contributed by atoms with Crippen molar-refractivity contribution in [2.45, 2.75) is 40.5 Å². The van der Waals surface area contributed by atoms with Crippen LogP contribution in [0.2, 0.25) is 0 Å². The number of aryl methyl sites for hydroxylation is 1. The molecule has 0 aromatic heterocycles. The van der Waals surface area contributed by atoms with E-state index in [-0.39, 0.29) is 0 Å². The van der Waals surface area contributed by atoms with E-state index in [1.807, 2.05) is 0 Å². The smallest absolute Gasteiger partial charge is 0.0165 e. The molecule has 0 saturated carbocycles. The van der Waals surface area contributed by atoms with Gasteiger partial charge < -0.3 is 0 Å². The lowest BCUT2D eigenvalue weighted by atomic mass is 9.86. The van der Waals surface area contributed by atoms with Gasteiger partial charge in [0.05, 0.1) is 0 Å². The van der Waals surface area contributed by atoms with Crippen LogP contribution in [0.5, 0.6) is 0 Å². The first kappa shape index (κ1) is 12.0. The van der Waals surface area contributed by atoms with Gasteiger partial charge in [-0.15, -0.1) is 0 Å². The van der Waals surface area contributed by atoms with Crippen LogP contribution in [0.25, 0.3) is 5.57 Å². The van der Waals surface area contributed by atoms with Crippen molar-refractivity contribution in [3.8, 4) is 0 Å². The van der Waals surface area contributed by atoms with E-state index in [2.05, 4.69) is 59.4 Å². The fourth-order valence-electron chi connectivity index (χ4n) is 1.81. The van der Waals surface area contributed by atoms with Crippen molar-refractivity contribution in [2.24, 2.45) is 5.92 Å². The number of hydrogen-bond acceptors (Lipinski definition) is 0. The highest BCUT2D eigenvalue weighted by molar-refractivity contribution is 5.62. The Morgan fingerprint density at radius 3 is 2.20 bits per heavy atom. The molecular weight excluding hydrogens is 180 g/mol. The fraction of sp³-hybridized carbons (Fsp3) is 0.467. The lowest BCUT2D eigenvalue weighted by molar-refractivity contribution is 0.533.